The van der Waals surface area contributed by atoms with Crippen LogP contribution in [0.1, 0.15) is 18.4 Å². The van der Waals surface area contributed by atoms with Crippen molar-refractivity contribution in [1.82, 2.24) is 4.31 Å². The van der Waals surface area contributed by atoms with Gasteiger partial charge in [0, 0.05) is 18.1 Å². The molecule has 0 aromatic heterocycles. The molecular formula is C13H17ClN2O3S. The quantitative estimate of drug-likeness (QED) is 0.911. The number of sulfonamides is 1. The van der Waals surface area contributed by atoms with Gasteiger partial charge in [-0.1, -0.05) is 23.7 Å². The number of hydrogen-bond donors (Lipinski definition) is 1. The monoisotopic (exact) mass is 316 g/mol. The van der Waals surface area contributed by atoms with Gasteiger partial charge >= 0.3 is 0 Å². The first-order chi connectivity index (χ1) is 9.38. The van der Waals surface area contributed by atoms with Gasteiger partial charge in [-0.25, -0.2) is 12.7 Å². The van der Waals surface area contributed by atoms with Crippen LogP contribution in [0, 0.1) is 5.92 Å². The summed E-state index contributed by atoms with van der Waals surface area (Å²) in [7, 11) is -3.45. The fourth-order valence-electron chi connectivity index (χ4n) is 2.36. The molecule has 1 aromatic rings. The van der Waals surface area contributed by atoms with Crippen LogP contribution in [0.25, 0.3) is 0 Å². The number of halogens is 1. The second-order valence-corrected chi connectivity index (χ2v) is 7.39. The molecule has 0 aliphatic carbocycles. The summed E-state index contributed by atoms with van der Waals surface area (Å²) in [5.74, 6) is -0.940. The zero-order valence-electron chi connectivity index (χ0n) is 11.0. The number of primary amides is 1. The smallest absolute Gasteiger partial charge is 0.221 e. The van der Waals surface area contributed by atoms with Crippen LogP contribution >= 0.6 is 11.6 Å². The molecule has 2 N–H and O–H groups in total. The zero-order chi connectivity index (χ0) is 14.8. The lowest BCUT2D eigenvalue weighted by atomic mass is 9.99. The zero-order valence-corrected chi connectivity index (χ0v) is 12.5. The maximum atomic E-state index is 12.4. The van der Waals surface area contributed by atoms with Gasteiger partial charge in [0.1, 0.15) is 0 Å². The Kier molecular flexibility index (Phi) is 4.67. The number of rotatable bonds is 4. The Morgan fingerprint density at radius 1 is 1.45 bits per heavy atom. The van der Waals surface area contributed by atoms with E-state index >= 15 is 0 Å². The van der Waals surface area contributed by atoms with Crippen molar-refractivity contribution in [1.29, 1.82) is 0 Å². The Hall–Kier alpha value is -1.11. The molecule has 5 nitrogen and oxygen atoms in total. The number of carbonyl (C=O) groups is 1. The molecule has 0 unspecified atom stereocenters. The first kappa shape index (κ1) is 15.3. The minimum Gasteiger partial charge on any atom is -0.369 e. The molecule has 7 heteroatoms. The molecule has 110 valence electrons. The molecule has 1 saturated heterocycles. The Balaban J connectivity index is 2.12. The van der Waals surface area contributed by atoms with Gasteiger partial charge in [-0.05, 0) is 30.5 Å². The van der Waals surface area contributed by atoms with Crippen LogP contribution < -0.4 is 5.73 Å². The maximum Gasteiger partial charge on any atom is 0.221 e. The van der Waals surface area contributed by atoms with Crippen molar-refractivity contribution in [3.8, 4) is 0 Å². The van der Waals surface area contributed by atoms with Crippen LogP contribution in [-0.2, 0) is 20.6 Å². The Morgan fingerprint density at radius 2 is 2.20 bits per heavy atom. The van der Waals surface area contributed by atoms with Crippen molar-refractivity contribution >= 4 is 27.5 Å². The molecule has 0 spiro atoms. The topological polar surface area (TPSA) is 80.5 Å². The highest BCUT2D eigenvalue weighted by Gasteiger charge is 2.31. The minimum absolute atomic E-state index is 0.112. The number of hydrogen-bond acceptors (Lipinski definition) is 3. The molecule has 0 bridgehead atoms. The second kappa shape index (κ2) is 6.11. The van der Waals surface area contributed by atoms with Crippen LogP contribution in [0.4, 0.5) is 0 Å². The molecule has 1 aliphatic rings. The van der Waals surface area contributed by atoms with Crippen LogP contribution in [0.2, 0.25) is 5.02 Å². The van der Waals surface area contributed by atoms with Crippen molar-refractivity contribution in [2.75, 3.05) is 13.1 Å². The molecule has 2 rings (SSSR count). The van der Waals surface area contributed by atoms with Crippen LogP contribution in [-0.4, -0.2) is 31.7 Å². The number of amides is 1. The molecule has 1 fully saturated rings. The predicted molar refractivity (Wildman–Crippen MR) is 77.6 cm³/mol. The minimum atomic E-state index is -3.45. The fraction of sp³-hybridized carbons (Fsp3) is 0.462. The fourth-order valence-corrected chi connectivity index (χ4v) is 4.17. The van der Waals surface area contributed by atoms with E-state index in [2.05, 4.69) is 0 Å². The van der Waals surface area contributed by atoms with Gasteiger partial charge in [-0.3, -0.25) is 4.79 Å². The molecule has 0 saturated carbocycles. The molecule has 0 radical (unpaired) electrons. The van der Waals surface area contributed by atoms with E-state index in [1.54, 1.807) is 24.3 Å². The van der Waals surface area contributed by atoms with E-state index in [9.17, 15) is 13.2 Å². The van der Waals surface area contributed by atoms with E-state index in [0.717, 1.165) is 0 Å². The normalized spacial score (nSPS) is 20.8. The highest BCUT2D eigenvalue weighted by atomic mass is 35.5. The number of piperidine rings is 1. The second-order valence-electron chi connectivity index (χ2n) is 4.99. The average molecular weight is 317 g/mol. The average Bonchev–Trinajstić information content (AvgIpc) is 2.38. The van der Waals surface area contributed by atoms with E-state index in [4.69, 9.17) is 17.3 Å². The third-order valence-electron chi connectivity index (χ3n) is 3.42. The molecule has 1 aliphatic heterocycles. The van der Waals surface area contributed by atoms with Crippen LogP contribution in [0.5, 0.6) is 0 Å². The molecule has 1 amide bonds. The van der Waals surface area contributed by atoms with Crippen molar-refractivity contribution in [3.63, 3.8) is 0 Å². The number of nitrogens with two attached hydrogens (primary N) is 1. The van der Waals surface area contributed by atoms with Crippen molar-refractivity contribution in [2.24, 2.45) is 11.7 Å². The lowest BCUT2D eigenvalue weighted by molar-refractivity contribution is -0.122. The highest BCUT2D eigenvalue weighted by Crippen LogP contribution is 2.22. The van der Waals surface area contributed by atoms with E-state index in [1.807, 2.05) is 0 Å². The van der Waals surface area contributed by atoms with Gasteiger partial charge in [0.05, 0.1) is 11.7 Å². The van der Waals surface area contributed by atoms with E-state index in [-0.39, 0.29) is 12.3 Å². The first-order valence-corrected chi connectivity index (χ1v) is 8.39. The SMILES string of the molecule is NC(=O)[C@H]1CCCN(S(=O)(=O)Cc2cccc(Cl)c2)C1. The predicted octanol–water partition coefficient (Wildman–Crippen LogP) is 1.37. The summed E-state index contributed by atoms with van der Waals surface area (Å²) < 4.78 is 26.1. The summed E-state index contributed by atoms with van der Waals surface area (Å²) in [6.07, 6.45) is 1.31. The van der Waals surface area contributed by atoms with E-state index in [0.29, 0.717) is 30.0 Å². The van der Waals surface area contributed by atoms with Crippen LogP contribution in [0.15, 0.2) is 24.3 Å². The Labute approximate surface area is 123 Å². The Morgan fingerprint density at radius 3 is 2.85 bits per heavy atom. The lowest BCUT2D eigenvalue weighted by Crippen LogP contribution is -2.44. The Bertz CT molecular complexity index is 603. The summed E-state index contributed by atoms with van der Waals surface area (Å²) in [5, 5.41) is 0.506. The van der Waals surface area contributed by atoms with Crippen molar-refractivity contribution in [2.45, 2.75) is 18.6 Å². The summed E-state index contributed by atoms with van der Waals surface area (Å²) in [4.78, 5) is 11.2. The summed E-state index contributed by atoms with van der Waals surface area (Å²) >= 11 is 5.85. The highest BCUT2D eigenvalue weighted by molar-refractivity contribution is 7.88. The summed E-state index contributed by atoms with van der Waals surface area (Å²) in [6.45, 7) is 0.616. The van der Waals surface area contributed by atoms with Gasteiger partial charge in [0.2, 0.25) is 15.9 Å². The number of nitrogens with zero attached hydrogens (tertiary/aromatic N) is 1. The molecule has 20 heavy (non-hydrogen) atoms. The first-order valence-electron chi connectivity index (χ1n) is 6.40. The van der Waals surface area contributed by atoms with Gasteiger partial charge in [-0.2, -0.15) is 0 Å². The van der Waals surface area contributed by atoms with Gasteiger partial charge < -0.3 is 5.73 Å². The number of carbonyl (C=O) groups excluding carboxylic acids is 1. The van der Waals surface area contributed by atoms with E-state index in [1.165, 1.54) is 4.31 Å². The summed E-state index contributed by atoms with van der Waals surface area (Å²) in [5.41, 5.74) is 5.90. The lowest BCUT2D eigenvalue weighted by Gasteiger charge is -2.30. The molecular weight excluding hydrogens is 300 g/mol. The van der Waals surface area contributed by atoms with E-state index < -0.39 is 21.8 Å². The van der Waals surface area contributed by atoms with Gasteiger partial charge in [0.15, 0.2) is 0 Å². The van der Waals surface area contributed by atoms with Crippen LogP contribution in [0.3, 0.4) is 0 Å². The molecule has 1 heterocycles. The molecule has 1 aromatic carbocycles. The van der Waals surface area contributed by atoms with Crippen molar-refractivity contribution < 1.29 is 13.2 Å². The third kappa shape index (κ3) is 3.71. The van der Waals surface area contributed by atoms with Gasteiger partial charge in [-0.15, -0.1) is 0 Å². The maximum absolute atomic E-state index is 12.4. The standard InChI is InChI=1S/C13H17ClN2O3S/c14-12-5-1-3-10(7-12)9-20(18,19)16-6-2-4-11(8-16)13(15)17/h1,3,5,7,11H,2,4,6,8-9H2,(H2,15,17)/t11-/m0/s1. The summed E-state index contributed by atoms with van der Waals surface area (Å²) in [6, 6.07) is 6.77. The molecule has 1 atom stereocenters. The largest absolute Gasteiger partial charge is 0.369 e. The number of benzene rings is 1. The van der Waals surface area contributed by atoms with Crippen molar-refractivity contribution in [3.05, 3.63) is 34.9 Å². The van der Waals surface area contributed by atoms with Gasteiger partial charge in [0.25, 0.3) is 0 Å². The third-order valence-corrected chi connectivity index (χ3v) is 5.47.